The lowest BCUT2D eigenvalue weighted by molar-refractivity contribution is -0.145. The number of nitrogens with one attached hydrogen (secondary N) is 2. The number of carbonyl (C=O) groups excluding carboxylic acids is 2. The van der Waals surface area contributed by atoms with Gasteiger partial charge in [0.25, 0.3) is 0 Å². The van der Waals surface area contributed by atoms with Crippen molar-refractivity contribution in [2.45, 2.75) is 128 Å². The molecule has 0 spiro atoms. The third kappa shape index (κ3) is 14.1. The van der Waals surface area contributed by atoms with Gasteiger partial charge >= 0.3 is 18.0 Å². The number of alkyl carbamates (subject to hydrolysis) is 1. The summed E-state index contributed by atoms with van der Waals surface area (Å²) in [5, 5.41) is 15.2. The fourth-order valence-corrected chi connectivity index (χ4v) is 4.65. The van der Waals surface area contributed by atoms with Crippen LogP contribution in [-0.4, -0.2) is 46.9 Å². The Balaban J connectivity index is 0.000000308. The maximum atomic E-state index is 11.7. The van der Waals surface area contributed by atoms with Crippen LogP contribution in [0.25, 0.3) is 0 Å². The molecule has 0 bridgehead atoms. The maximum absolute atomic E-state index is 11.7. The summed E-state index contributed by atoms with van der Waals surface area (Å²) in [7, 11) is 0. The third-order valence-corrected chi connectivity index (χ3v) is 6.55. The second-order valence-electron chi connectivity index (χ2n) is 11.1. The Labute approximate surface area is 221 Å². The van der Waals surface area contributed by atoms with Crippen molar-refractivity contribution >= 4 is 18.0 Å². The molecule has 8 heteroatoms. The molecule has 3 N–H and O–H groups in total. The summed E-state index contributed by atoms with van der Waals surface area (Å²) in [5.74, 6) is -1.77. The molecule has 0 radical (unpaired) electrons. The molecular formula is C29H46N2O6. The smallest absolute Gasteiger partial charge is 0.408 e. The second kappa shape index (κ2) is 16.3. The first-order valence-corrected chi connectivity index (χ1v) is 13.8. The van der Waals surface area contributed by atoms with Crippen molar-refractivity contribution in [2.75, 3.05) is 0 Å². The van der Waals surface area contributed by atoms with Crippen molar-refractivity contribution in [2.24, 2.45) is 0 Å². The van der Waals surface area contributed by atoms with Crippen LogP contribution in [0.5, 0.6) is 0 Å². The van der Waals surface area contributed by atoms with Crippen LogP contribution < -0.4 is 10.6 Å². The molecule has 0 aliphatic heterocycles. The molecule has 37 heavy (non-hydrogen) atoms. The zero-order chi connectivity index (χ0) is 27.1. The number of esters is 1. The molecule has 0 saturated heterocycles. The SMILES string of the molecule is C1CCC(NC2CCCCC2)CC1.CC(C)(C)OC(=O)NC(CCC(=O)OCc1ccccc1)C(=O)O. The van der Waals surface area contributed by atoms with Gasteiger partial charge in [0.15, 0.2) is 0 Å². The van der Waals surface area contributed by atoms with E-state index in [9.17, 15) is 14.4 Å². The molecule has 1 amide bonds. The third-order valence-electron chi connectivity index (χ3n) is 6.55. The van der Waals surface area contributed by atoms with Gasteiger partial charge in [0, 0.05) is 18.5 Å². The van der Waals surface area contributed by atoms with Gasteiger partial charge in [-0.1, -0.05) is 68.9 Å². The summed E-state index contributed by atoms with van der Waals surface area (Å²) >= 11 is 0. The van der Waals surface area contributed by atoms with Crippen LogP contribution in [0.15, 0.2) is 30.3 Å². The van der Waals surface area contributed by atoms with E-state index in [-0.39, 0.29) is 19.4 Å². The topological polar surface area (TPSA) is 114 Å². The Hall–Kier alpha value is -2.61. The lowest BCUT2D eigenvalue weighted by Gasteiger charge is -2.30. The van der Waals surface area contributed by atoms with Crippen LogP contribution in [0.3, 0.4) is 0 Å². The van der Waals surface area contributed by atoms with Gasteiger partial charge in [0.2, 0.25) is 0 Å². The summed E-state index contributed by atoms with van der Waals surface area (Å²) in [6.45, 7) is 5.13. The van der Waals surface area contributed by atoms with E-state index in [0.29, 0.717) is 0 Å². The van der Waals surface area contributed by atoms with E-state index in [4.69, 9.17) is 14.6 Å². The molecular weight excluding hydrogens is 472 g/mol. The Morgan fingerprint density at radius 3 is 1.95 bits per heavy atom. The van der Waals surface area contributed by atoms with Crippen LogP contribution in [0.2, 0.25) is 0 Å². The van der Waals surface area contributed by atoms with Crippen LogP contribution in [0.4, 0.5) is 4.79 Å². The van der Waals surface area contributed by atoms with Crippen molar-refractivity contribution in [3.8, 4) is 0 Å². The van der Waals surface area contributed by atoms with Gasteiger partial charge in [-0.2, -0.15) is 0 Å². The molecule has 1 unspecified atom stereocenters. The number of hydrogen-bond acceptors (Lipinski definition) is 6. The van der Waals surface area contributed by atoms with E-state index in [0.717, 1.165) is 17.6 Å². The summed E-state index contributed by atoms with van der Waals surface area (Å²) in [6.07, 6.45) is 13.5. The first-order valence-electron chi connectivity index (χ1n) is 13.8. The van der Waals surface area contributed by atoms with Crippen LogP contribution in [0.1, 0.15) is 103 Å². The van der Waals surface area contributed by atoms with E-state index in [1.165, 1.54) is 64.2 Å². The number of amides is 1. The van der Waals surface area contributed by atoms with Gasteiger partial charge < -0.3 is 25.2 Å². The number of ether oxygens (including phenoxy) is 2. The number of hydrogen-bond donors (Lipinski definition) is 3. The molecule has 1 aromatic rings. The van der Waals surface area contributed by atoms with Crippen LogP contribution in [0, 0.1) is 0 Å². The van der Waals surface area contributed by atoms with Crippen LogP contribution in [-0.2, 0) is 25.7 Å². The fourth-order valence-electron chi connectivity index (χ4n) is 4.65. The van der Waals surface area contributed by atoms with Gasteiger partial charge in [-0.05, 0) is 58.4 Å². The molecule has 3 rings (SSSR count). The highest BCUT2D eigenvalue weighted by Gasteiger charge is 2.25. The molecule has 2 aliphatic rings. The first-order chi connectivity index (χ1) is 17.6. The van der Waals surface area contributed by atoms with Crippen molar-refractivity contribution in [3.63, 3.8) is 0 Å². The highest BCUT2D eigenvalue weighted by Crippen LogP contribution is 2.22. The minimum absolute atomic E-state index is 0.0812. The quantitative estimate of drug-likeness (QED) is 0.358. The Bertz CT molecular complexity index is 795. The Morgan fingerprint density at radius 2 is 1.46 bits per heavy atom. The van der Waals surface area contributed by atoms with E-state index in [2.05, 4.69) is 10.6 Å². The molecule has 0 aromatic heterocycles. The number of carboxylic acids is 1. The fraction of sp³-hybridized carbons (Fsp3) is 0.690. The molecule has 8 nitrogen and oxygen atoms in total. The molecule has 0 heterocycles. The molecule has 1 atom stereocenters. The van der Waals surface area contributed by atoms with Crippen molar-refractivity contribution < 1.29 is 29.0 Å². The van der Waals surface area contributed by atoms with Gasteiger partial charge in [0.1, 0.15) is 18.2 Å². The number of rotatable bonds is 9. The van der Waals surface area contributed by atoms with Gasteiger partial charge in [-0.15, -0.1) is 0 Å². The predicted molar refractivity (Wildman–Crippen MR) is 143 cm³/mol. The molecule has 208 valence electrons. The van der Waals surface area contributed by atoms with Gasteiger partial charge in [-0.25, -0.2) is 9.59 Å². The van der Waals surface area contributed by atoms with E-state index >= 15 is 0 Å². The monoisotopic (exact) mass is 518 g/mol. The molecule has 1 aromatic carbocycles. The average molecular weight is 519 g/mol. The average Bonchev–Trinajstić information content (AvgIpc) is 2.86. The second-order valence-corrected chi connectivity index (χ2v) is 11.1. The summed E-state index contributed by atoms with van der Waals surface area (Å²) in [6, 6.07) is 9.67. The number of benzene rings is 1. The minimum Gasteiger partial charge on any atom is -0.480 e. The number of carbonyl (C=O) groups is 3. The Morgan fingerprint density at radius 1 is 0.919 bits per heavy atom. The summed E-state index contributed by atoms with van der Waals surface area (Å²) in [5.41, 5.74) is 0.106. The summed E-state index contributed by atoms with van der Waals surface area (Å²) in [4.78, 5) is 34.5. The largest absolute Gasteiger partial charge is 0.480 e. The highest BCUT2D eigenvalue weighted by molar-refractivity contribution is 5.80. The van der Waals surface area contributed by atoms with Gasteiger partial charge in [-0.3, -0.25) is 4.79 Å². The zero-order valence-electron chi connectivity index (χ0n) is 22.8. The highest BCUT2D eigenvalue weighted by atomic mass is 16.6. The number of carboxylic acid groups (broad SMARTS) is 1. The summed E-state index contributed by atoms with van der Waals surface area (Å²) < 4.78 is 10.1. The number of aliphatic carboxylic acids is 1. The molecule has 2 saturated carbocycles. The molecule has 2 fully saturated rings. The first kappa shape index (κ1) is 30.6. The standard InChI is InChI=1S/C17H23NO6.C12H23N/c1-17(2,3)24-16(22)18-13(15(20)21)9-10-14(19)23-11-12-7-5-4-6-8-12;1-3-7-11(8-4-1)13-12-9-5-2-6-10-12/h4-8,13H,9-11H2,1-3H3,(H,18,22)(H,20,21);11-13H,1-10H2. The maximum Gasteiger partial charge on any atom is 0.408 e. The lowest BCUT2D eigenvalue weighted by Crippen LogP contribution is -2.43. The van der Waals surface area contributed by atoms with Crippen LogP contribution >= 0.6 is 0 Å². The van der Waals surface area contributed by atoms with Crippen molar-refractivity contribution in [1.29, 1.82) is 0 Å². The predicted octanol–water partition coefficient (Wildman–Crippen LogP) is 5.73. The van der Waals surface area contributed by atoms with Gasteiger partial charge in [0.05, 0.1) is 0 Å². The zero-order valence-corrected chi connectivity index (χ0v) is 22.8. The van der Waals surface area contributed by atoms with E-state index < -0.39 is 29.7 Å². The lowest BCUT2D eigenvalue weighted by atomic mass is 9.91. The van der Waals surface area contributed by atoms with E-state index in [1.807, 2.05) is 30.3 Å². The van der Waals surface area contributed by atoms with Crippen molar-refractivity contribution in [3.05, 3.63) is 35.9 Å². The normalized spacial score (nSPS) is 17.6. The van der Waals surface area contributed by atoms with E-state index in [1.54, 1.807) is 20.8 Å². The van der Waals surface area contributed by atoms with Crippen molar-refractivity contribution in [1.82, 2.24) is 10.6 Å². The minimum atomic E-state index is -1.24. The Kier molecular flexibility index (Phi) is 13.5. The molecule has 2 aliphatic carbocycles.